The van der Waals surface area contributed by atoms with E-state index in [2.05, 4.69) is 0 Å². The lowest BCUT2D eigenvalue weighted by Crippen LogP contribution is -2.32. The fourth-order valence-electron chi connectivity index (χ4n) is 3.46. The van der Waals surface area contributed by atoms with Crippen LogP contribution in [0, 0.1) is 10.1 Å². The number of nitro groups is 1. The number of benzene rings is 2. The summed E-state index contributed by atoms with van der Waals surface area (Å²) >= 11 is 0. The maximum atomic E-state index is 13.2. The first-order valence-electron chi connectivity index (χ1n) is 9.92. The van der Waals surface area contributed by atoms with Gasteiger partial charge >= 0.3 is 5.97 Å². The molecule has 0 aromatic heterocycles. The quantitative estimate of drug-likeness (QED) is 0.361. The van der Waals surface area contributed by atoms with Crippen LogP contribution in [0.15, 0.2) is 47.4 Å². The van der Waals surface area contributed by atoms with E-state index >= 15 is 0 Å². The summed E-state index contributed by atoms with van der Waals surface area (Å²) in [6.45, 7) is 0.520. The van der Waals surface area contributed by atoms with Gasteiger partial charge in [-0.25, -0.2) is 13.2 Å². The Balaban J connectivity index is 1.84. The molecule has 31 heavy (non-hydrogen) atoms. The summed E-state index contributed by atoms with van der Waals surface area (Å²) in [5.74, 6) is -0.646. The van der Waals surface area contributed by atoms with E-state index in [0.717, 1.165) is 25.7 Å². The molecule has 3 rings (SSSR count). The Kier molecular flexibility index (Phi) is 7.24. The van der Waals surface area contributed by atoms with Crippen LogP contribution in [0.2, 0.25) is 0 Å². The molecule has 9 nitrogen and oxygen atoms in total. The molecule has 0 saturated carbocycles. The van der Waals surface area contributed by atoms with E-state index in [1.54, 1.807) is 6.07 Å². The second kappa shape index (κ2) is 9.88. The summed E-state index contributed by atoms with van der Waals surface area (Å²) in [4.78, 5) is 23.0. The summed E-state index contributed by atoms with van der Waals surface area (Å²) < 4.78 is 38.3. The number of nitro benzene ring substituents is 1. The molecule has 0 amide bonds. The van der Waals surface area contributed by atoms with Crippen molar-refractivity contribution in [1.82, 2.24) is 4.31 Å². The highest BCUT2D eigenvalue weighted by molar-refractivity contribution is 7.89. The molecule has 1 aliphatic rings. The van der Waals surface area contributed by atoms with E-state index in [4.69, 9.17) is 9.47 Å². The molecule has 0 radical (unpaired) electrons. The van der Waals surface area contributed by atoms with Crippen molar-refractivity contribution in [2.24, 2.45) is 0 Å². The topological polar surface area (TPSA) is 116 Å². The normalized spacial score (nSPS) is 15.1. The van der Waals surface area contributed by atoms with Crippen LogP contribution in [0.4, 0.5) is 5.69 Å². The van der Waals surface area contributed by atoms with Crippen LogP contribution in [-0.4, -0.2) is 43.8 Å². The van der Waals surface area contributed by atoms with E-state index in [-0.39, 0.29) is 34.1 Å². The van der Waals surface area contributed by atoms with Gasteiger partial charge in [0.2, 0.25) is 10.0 Å². The number of ether oxygens (including phenoxy) is 2. The van der Waals surface area contributed by atoms with Crippen molar-refractivity contribution in [2.45, 2.75) is 37.2 Å². The molecule has 0 unspecified atom stereocenters. The van der Waals surface area contributed by atoms with Crippen LogP contribution in [0.3, 0.4) is 0 Å². The number of nitrogens with zero attached hydrogens (tertiary/aromatic N) is 2. The third-order valence-electron chi connectivity index (χ3n) is 5.13. The van der Waals surface area contributed by atoms with Gasteiger partial charge in [0.1, 0.15) is 17.3 Å². The Hall–Kier alpha value is -2.98. The first-order chi connectivity index (χ1) is 14.8. The number of carbonyl (C=O) groups is 1. The van der Waals surface area contributed by atoms with Gasteiger partial charge in [-0.15, -0.1) is 0 Å². The van der Waals surface area contributed by atoms with E-state index in [1.807, 2.05) is 0 Å². The highest BCUT2D eigenvalue weighted by Gasteiger charge is 2.29. The predicted molar refractivity (Wildman–Crippen MR) is 112 cm³/mol. The van der Waals surface area contributed by atoms with Crippen molar-refractivity contribution in [1.29, 1.82) is 0 Å². The van der Waals surface area contributed by atoms with Gasteiger partial charge in [0.15, 0.2) is 0 Å². The van der Waals surface area contributed by atoms with Crippen LogP contribution < -0.4 is 4.74 Å². The van der Waals surface area contributed by atoms with Crippen molar-refractivity contribution >= 4 is 21.7 Å². The maximum Gasteiger partial charge on any atom is 0.338 e. The zero-order valence-corrected chi connectivity index (χ0v) is 18.0. The number of rotatable bonds is 7. The average Bonchev–Trinajstić information content (AvgIpc) is 3.07. The summed E-state index contributed by atoms with van der Waals surface area (Å²) in [6, 6.07) is 9.99. The number of para-hydroxylation sites is 1. The fraction of sp³-hybridized carbons (Fsp3) is 0.381. The Bertz CT molecular complexity index is 1060. The van der Waals surface area contributed by atoms with Gasteiger partial charge in [-0.2, -0.15) is 4.31 Å². The Labute approximate surface area is 180 Å². The molecule has 0 N–H and O–H groups in total. The number of methoxy groups -OCH3 is 1. The highest BCUT2D eigenvalue weighted by Crippen LogP contribution is 2.30. The Morgan fingerprint density at radius 2 is 1.77 bits per heavy atom. The fourth-order valence-corrected chi connectivity index (χ4v) is 5.16. The second-order valence-corrected chi connectivity index (χ2v) is 9.05. The molecule has 0 atom stereocenters. The first-order valence-corrected chi connectivity index (χ1v) is 11.4. The number of hydrogen-bond acceptors (Lipinski definition) is 7. The number of hydrogen-bond donors (Lipinski definition) is 0. The van der Waals surface area contributed by atoms with Crippen molar-refractivity contribution in [2.75, 3.05) is 20.2 Å². The molecule has 0 bridgehead atoms. The maximum absolute atomic E-state index is 13.2. The number of sulfonamides is 1. The Morgan fingerprint density at radius 3 is 2.42 bits per heavy atom. The van der Waals surface area contributed by atoms with Crippen molar-refractivity contribution in [3.05, 3.63) is 63.7 Å². The summed E-state index contributed by atoms with van der Waals surface area (Å²) in [5.41, 5.74) is 0.106. The molecule has 1 aliphatic heterocycles. The largest absolute Gasteiger partial charge is 0.495 e. The zero-order chi connectivity index (χ0) is 22.4. The van der Waals surface area contributed by atoms with Crippen LogP contribution in [0.5, 0.6) is 5.75 Å². The van der Waals surface area contributed by atoms with Gasteiger partial charge in [-0.3, -0.25) is 10.1 Å². The third kappa shape index (κ3) is 5.20. The third-order valence-corrected chi connectivity index (χ3v) is 7.05. The standard InChI is InChI=1S/C21H24N2O7S/c1-29-19-11-10-16(14-20(19)31(27,28)22-12-6-2-3-7-13-22)21(24)30-15-17-8-4-5-9-18(17)23(25)26/h4-5,8-11,14H,2-3,6-7,12-13,15H2,1H3. The smallest absolute Gasteiger partial charge is 0.338 e. The lowest BCUT2D eigenvalue weighted by molar-refractivity contribution is -0.385. The van der Waals surface area contributed by atoms with Gasteiger partial charge < -0.3 is 9.47 Å². The lowest BCUT2D eigenvalue weighted by atomic mass is 10.2. The van der Waals surface area contributed by atoms with Gasteiger partial charge in [-0.1, -0.05) is 25.0 Å². The SMILES string of the molecule is COc1ccc(C(=O)OCc2ccccc2[N+](=O)[O-])cc1S(=O)(=O)N1CCCCCC1. The van der Waals surface area contributed by atoms with E-state index in [0.29, 0.717) is 13.1 Å². The lowest BCUT2D eigenvalue weighted by Gasteiger charge is -2.21. The van der Waals surface area contributed by atoms with Crippen LogP contribution in [0.1, 0.15) is 41.6 Å². The van der Waals surface area contributed by atoms with E-state index in [9.17, 15) is 23.3 Å². The minimum absolute atomic E-state index is 0.0211. The molecule has 2 aromatic carbocycles. The summed E-state index contributed by atoms with van der Waals surface area (Å²) in [7, 11) is -2.49. The van der Waals surface area contributed by atoms with Crippen LogP contribution >= 0.6 is 0 Å². The van der Waals surface area contributed by atoms with E-state index in [1.165, 1.54) is 47.8 Å². The van der Waals surface area contributed by atoms with E-state index < -0.39 is 20.9 Å². The van der Waals surface area contributed by atoms with Gasteiger partial charge in [0.05, 0.1) is 23.2 Å². The van der Waals surface area contributed by atoms with Gasteiger partial charge in [0.25, 0.3) is 5.69 Å². The van der Waals surface area contributed by atoms with Crippen molar-refractivity contribution < 1.29 is 27.6 Å². The molecule has 2 aromatic rings. The molecule has 1 fully saturated rings. The second-order valence-electron chi connectivity index (χ2n) is 7.15. The number of carbonyl (C=O) groups excluding carboxylic acids is 1. The molecule has 0 aliphatic carbocycles. The van der Waals surface area contributed by atoms with Crippen molar-refractivity contribution in [3.8, 4) is 5.75 Å². The predicted octanol–water partition coefficient (Wildman–Crippen LogP) is 3.53. The molecule has 0 spiro atoms. The van der Waals surface area contributed by atoms with Crippen LogP contribution in [0.25, 0.3) is 0 Å². The molecule has 1 heterocycles. The number of esters is 1. The molecular weight excluding hydrogens is 424 g/mol. The molecule has 1 saturated heterocycles. The first kappa shape index (κ1) is 22.7. The zero-order valence-electron chi connectivity index (χ0n) is 17.2. The highest BCUT2D eigenvalue weighted by atomic mass is 32.2. The minimum atomic E-state index is -3.86. The summed E-state index contributed by atoms with van der Waals surface area (Å²) in [5, 5.41) is 11.1. The molecule has 166 valence electrons. The van der Waals surface area contributed by atoms with Crippen LogP contribution in [-0.2, 0) is 21.4 Å². The molecular formula is C21H24N2O7S. The Morgan fingerprint density at radius 1 is 1.10 bits per heavy atom. The minimum Gasteiger partial charge on any atom is -0.495 e. The van der Waals surface area contributed by atoms with Gasteiger partial charge in [0, 0.05) is 19.2 Å². The average molecular weight is 448 g/mol. The molecule has 10 heteroatoms. The monoisotopic (exact) mass is 448 g/mol. The van der Waals surface area contributed by atoms with Gasteiger partial charge in [-0.05, 0) is 37.1 Å². The van der Waals surface area contributed by atoms with Crippen molar-refractivity contribution in [3.63, 3.8) is 0 Å². The summed E-state index contributed by atoms with van der Waals surface area (Å²) in [6.07, 6.45) is 3.50.